The van der Waals surface area contributed by atoms with Gasteiger partial charge >= 0.3 is 5.69 Å². The molecule has 3 heterocycles. The van der Waals surface area contributed by atoms with Crippen LogP contribution < -0.4 is 11.0 Å². The van der Waals surface area contributed by atoms with Crippen LogP contribution in [0, 0.1) is 0 Å². The largest absolute Gasteiger partial charge is 0.367 e. The predicted molar refractivity (Wildman–Crippen MR) is 87.7 cm³/mol. The molecule has 0 aliphatic carbocycles. The van der Waals surface area contributed by atoms with Gasteiger partial charge in [0.05, 0.1) is 11.9 Å². The van der Waals surface area contributed by atoms with E-state index in [2.05, 4.69) is 46.4 Å². The Bertz CT molecular complexity index is 881. The highest BCUT2D eigenvalue weighted by atomic mass is 16.1. The summed E-state index contributed by atoms with van der Waals surface area (Å²) < 4.78 is 3.28. The maximum atomic E-state index is 11.9. The fraction of sp³-hybridized carbons (Fsp3) is 0.467. The van der Waals surface area contributed by atoms with Crippen LogP contribution in [-0.2, 0) is 18.9 Å². The van der Waals surface area contributed by atoms with Gasteiger partial charge in [0.15, 0.2) is 5.82 Å². The standard InChI is InChI=1S/C15H21N7O/c1-15(2,3)11-9-22-13(19-20-14(22)23)12(18-11)16-6-5-10-7-17-21(4)8-10/h7-9H,5-6H2,1-4H3,(H,16,18)(H,20,23). The summed E-state index contributed by atoms with van der Waals surface area (Å²) in [4.78, 5) is 16.5. The van der Waals surface area contributed by atoms with Gasteiger partial charge in [0, 0.05) is 31.4 Å². The zero-order chi connectivity index (χ0) is 16.6. The number of aromatic nitrogens is 6. The van der Waals surface area contributed by atoms with E-state index in [-0.39, 0.29) is 11.1 Å². The normalized spacial score (nSPS) is 12.0. The van der Waals surface area contributed by atoms with Crippen molar-refractivity contribution in [3.05, 3.63) is 40.3 Å². The second-order valence-corrected chi connectivity index (χ2v) is 6.65. The number of anilines is 1. The Morgan fingerprint density at radius 1 is 1.30 bits per heavy atom. The lowest BCUT2D eigenvalue weighted by Crippen LogP contribution is -2.20. The average molecular weight is 315 g/mol. The SMILES string of the molecule is Cn1cc(CCNc2nc(C(C)(C)C)cn3c(=O)[nH]nc23)cn1. The molecule has 0 atom stereocenters. The molecule has 0 fully saturated rings. The van der Waals surface area contributed by atoms with Gasteiger partial charge in [-0.05, 0) is 12.0 Å². The van der Waals surface area contributed by atoms with Gasteiger partial charge in [0.25, 0.3) is 0 Å². The molecule has 122 valence electrons. The van der Waals surface area contributed by atoms with E-state index in [4.69, 9.17) is 0 Å². The molecular formula is C15H21N7O. The Labute approximate surface area is 133 Å². The third-order valence-corrected chi connectivity index (χ3v) is 3.63. The molecule has 8 heteroatoms. The van der Waals surface area contributed by atoms with Crippen molar-refractivity contribution in [2.45, 2.75) is 32.6 Å². The third kappa shape index (κ3) is 3.10. The number of H-pyrrole nitrogens is 1. The fourth-order valence-electron chi connectivity index (χ4n) is 2.32. The zero-order valence-electron chi connectivity index (χ0n) is 13.8. The van der Waals surface area contributed by atoms with Gasteiger partial charge in [-0.15, -0.1) is 5.10 Å². The summed E-state index contributed by atoms with van der Waals surface area (Å²) in [5, 5.41) is 14.0. The van der Waals surface area contributed by atoms with Crippen molar-refractivity contribution in [1.82, 2.24) is 29.4 Å². The Kier molecular flexibility index (Phi) is 3.67. The van der Waals surface area contributed by atoms with Crippen LogP contribution in [0.15, 0.2) is 23.4 Å². The number of aromatic amines is 1. The van der Waals surface area contributed by atoms with Gasteiger partial charge < -0.3 is 5.32 Å². The number of nitrogens with one attached hydrogen (secondary N) is 2. The van der Waals surface area contributed by atoms with Crippen LogP contribution in [0.2, 0.25) is 0 Å². The molecule has 3 aromatic heterocycles. The van der Waals surface area contributed by atoms with E-state index in [0.29, 0.717) is 18.0 Å². The summed E-state index contributed by atoms with van der Waals surface area (Å²) in [7, 11) is 1.89. The Morgan fingerprint density at radius 3 is 2.74 bits per heavy atom. The van der Waals surface area contributed by atoms with Gasteiger partial charge in [0.2, 0.25) is 5.65 Å². The van der Waals surface area contributed by atoms with Crippen molar-refractivity contribution in [2.75, 3.05) is 11.9 Å². The van der Waals surface area contributed by atoms with E-state index >= 15 is 0 Å². The van der Waals surface area contributed by atoms with Crippen LogP contribution in [0.5, 0.6) is 0 Å². The molecule has 0 amide bonds. The van der Waals surface area contributed by atoms with E-state index in [0.717, 1.165) is 17.7 Å². The summed E-state index contributed by atoms with van der Waals surface area (Å²) in [6.07, 6.45) is 6.38. The molecule has 0 aromatic carbocycles. The summed E-state index contributed by atoms with van der Waals surface area (Å²) in [6.45, 7) is 6.87. The van der Waals surface area contributed by atoms with E-state index in [9.17, 15) is 4.79 Å². The van der Waals surface area contributed by atoms with Gasteiger partial charge in [0.1, 0.15) is 0 Å². The highest BCUT2D eigenvalue weighted by molar-refractivity contribution is 5.62. The maximum absolute atomic E-state index is 11.9. The highest BCUT2D eigenvalue weighted by Gasteiger charge is 2.19. The first-order chi connectivity index (χ1) is 10.8. The van der Waals surface area contributed by atoms with Crippen LogP contribution in [0.3, 0.4) is 0 Å². The van der Waals surface area contributed by atoms with Crippen LogP contribution >= 0.6 is 0 Å². The van der Waals surface area contributed by atoms with E-state index in [1.807, 2.05) is 19.4 Å². The molecular weight excluding hydrogens is 294 g/mol. The maximum Gasteiger partial charge on any atom is 0.347 e. The van der Waals surface area contributed by atoms with Gasteiger partial charge in [-0.2, -0.15) is 5.10 Å². The minimum absolute atomic E-state index is 0.162. The lowest BCUT2D eigenvalue weighted by atomic mass is 9.93. The number of hydrogen-bond acceptors (Lipinski definition) is 5. The van der Waals surface area contributed by atoms with Crippen LogP contribution in [-0.4, -0.2) is 35.9 Å². The summed E-state index contributed by atoms with van der Waals surface area (Å²) >= 11 is 0. The van der Waals surface area contributed by atoms with E-state index < -0.39 is 0 Å². The molecule has 2 N–H and O–H groups in total. The van der Waals surface area contributed by atoms with E-state index in [1.165, 1.54) is 4.40 Å². The monoisotopic (exact) mass is 315 g/mol. The molecule has 0 aliphatic heterocycles. The van der Waals surface area contributed by atoms with Crippen LogP contribution in [0.1, 0.15) is 32.0 Å². The lowest BCUT2D eigenvalue weighted by Gasteiger charge is -2.19. The first-order valence-corrected chi connectivity index (χ1v) is 7.54. The quantitative estimate of drug-likeness (QED) is 0.752. The van der Waals surface area contributed by atoms with E-state index in [1.54, 1.807) is 10.9 Å². The fourth-order valence-corrected chi connectivity index (χ4v) is 2.32. The minimum atomic E-state index is -0.261. The van der Waals surface area contributed by atoms with Crippen LogP contribution in [0.4, 0.5) is 5.82 Å². The van der Waals surface area contributed by atoms with Crippen molar-refractivity contribution in [2.24, 2.45) is 7.05 Å². The number of rotatable bonds is 4. The Hall–Kier alpha value is -2.64. The molecule has 0 spiro atoms. The molecule has 3 aromatic rings. The van der Waals surface area contributed by atoms with Gasteiger partial charge in [-0.3, -0.25) is 4.68 Å². The zero-order valence-corrected chi connectivity index (χ0v) is 13.8. The molecule has 3 rings (SSSR count). The summed E-state index contributed by atoms with van der Waals surface area (Å²) in [5.41, 5.74) is 2.06. The van der Waals surface area contributed by atoms with Crippen molar-refractivity contribution >= 4 is 11.5 Å². The lowest BCUT2D eigenvalue weighted by molar-refractivity contribution is 0.565. The molecule has 0 saturated carbocycles. The number of nitrogens with zero attached hydrogens (tertiary/aromatic N) is 5. The third-order valence-electron chi connectivity index (χ3n) is 3.63. The predicted octanol–water partition coefficient (Wildman–Crippen LogP) is 1.10. The average Bonchev–Trinajstić information content (AvgIpc) is 3.05. The van der Waals surface area contributed by atoms with Crippen molar-refractivity contribution in [3.63, 3.8) is 0 Å². The molecule has 0 radical (unpaired) electrons. The summed E-state index contributed by atoms with van der Waals surface area (Å²) in [6, 6.07) is 0. The van der Waals surface area contributed by atoms with Gasteiger partial charge in [-0.25, -0.2) is 19.3 Å². The minimum Gasteiger partial charge on any atom is -0.367 e. The second kappa shape index (κ2) is 5.53. The molecule has 0 bridgehead atoms. The highest BCUT2D eigenvalue weighted by Crippen LogP contribution is 2.22. The first kappa shape index (κ1) is 15.3. The number of hydrogen-bond donors (Lipinski definition) is 2. The van der Waals surface area contributed by atoms with Crippen molar-refractivity contribution in [1.29, 1.82) is 0 Å². The topological polar surface area (TPSA) is 92.9 Å². The summed E-state index contributed by atoms with van der Waals surface area (Å²) in [5.74, 6) is 0.611. The Balaban J connectivity index is 1.88. The molecule has 8 nitrogen and oxygen atoms in total. The van der Waals surface area contributed by atoms with Crippen LogP contribution in [0.25, 0.3) is 5.65 Å². The van der Waals surface area contributed by atoms with Gasteiger partial charge in [-0.1, -0.05) is 20.8 Å². The number of fused-ring (bicyclic) bond motifs is 1. The second-order valence-electron chi connectivity index (χ2n) is 6.65. The van der Waals surface area contributed by atoms with Crippen molar-refractivity contribution in [3.8, 4) is 0 Å². The van der Waals surface area contributed by atoms with Crippen molar-refractivity contribution < 1.29 is 0 Å². The smallest absolute Gasteiger partial charge is 0.347 e. The number of aryl methyl sites for hydroxylation is 1. The first-order valence-electron chi connectivity index (χ1n) is 7.54. The Morgan fingerprint density at radius 2 is 2.09 bits per heavy atom. The molecule has 0 saturated heterocycles. The molecule has 0 unspecified atom stereocenters. The molecule has 23 heavy (non-hydrogen) atoms. The molecule has 0 aliphatic rings.